The molecule has 33 heavy (non-hydrogen) atoms. The Kier molecular flexibility index (Phi) is 7.30. The van der Waals surface area contributed by atoms with Crippen LogP contribution in [0.2, 0.25) is 0 Å². The Labute approximate surface area is 189 Å². The number of hydrogen-bond donors (Lipinski definition) is 1. The van der Waals surface area contributed by atoms with Gasteiger partial charge in [0, 0.05) is 6.20 Å². The van der Waals surface area contributed by atoms with Crippen molar-refractivity contribution in [2.45, 2.75) is 69.7 Å². The number of pyridine rings is 1. The third kappa shape index (κ3) is 5.82. The molecule has 1 saturated carbocycles. The first-order valence-electron chi connectivity index (χ1n) is 10.3. The van der Waals surface area contributed by atoms with Crippen LogP contribution in [0.4, 0.5) is 13.2 Å². The quantitative estimate of drug-likeness (QED) is 0.591. The van der Waals surface area contributed by atoms with Crippen molar-refractivity contribution < 1.29 is 31.2 Å². The molecule has 0 aromatic carbocycles. The molecule has 2 unspecified atom stereocenters. The molecule has 13 heteroatoms. The third-order valence-corrected chi connectivity index (χ3v) is 6.21. The van der Waals surface area contributed by atoms with Crippen molar-refractivity contribution in [2.24, 2.45) is 5.92 Å². The van der Waals surface area contributed by atoms with Crippen LogP contribution in [0, 0.1) is 17.2 Å². The van der Waals surface area contributed by atoms with Crippen LogP contribution in [-0.2, 0) is 21.0 Å². The van der Waals surface area contributed by atoms with E-state index >= 15 is 0 Å². The summed E-state index contributed by atoms with van der Waals surface area (Å²) in [6.45, 7) is 5.28. The summed E-state index contributed by atoms with van der Waals surface area (Å²) in [4.78, 5) is 10.5. The monoisotopic (exact) mass is 487 g/mol. The topological polar surface area (TPSA) is 119 Å². The first-order chi connectivity index (χ1) is 15.4. The number of aromatic nitrogens is 3. The molecule has 9 nitrogen and oxygen atoms in total. The number of ether oxygens (including phenoxy) is 1. The van der Waals surface area contributed by atoms with E-state index in [1.54, 1.807) is 19.9 Å². The van der Waals surface area contributed by atoms with Gasteiger partial charge in [-0.2, -0.15) is 28.2 Å². The van der Waals surface area contributed by atoms with E-state index in [1.807, 2.05) is 11.8 Å². The van der Waals surface area contributed by atoms with Crippen LogP contribution in [0.5, 0.6) is 5.88 Å². The van der Waals surface area contributed by atoms with Crippen LogP contribution in [0.1, 0.15) is 57.7 Å². The number of sulfonamides is 1. The fraction of sp³-hybridized carbons (Fsp3) is 0.550. The lowest BCUT2D eigenvalue weighted by atomic mass is 9.89. The number of nitriles is 1. The molecule has 0 amide bonds. The van der Waals surface area contributed by atoms with Gasteiger partial charge in [-0.1, -0.05) is 18.2 Å². The molecule has 1 N–H and O–H groups in total. The summed E-state index contributed by atoms with van der Waals surface area (Å²) in [7, 11) is -4.05. The minimum Gasteiger partial charge on any atom is -0.473 e. The average molecular weight is 488 g/mol. The van der Waals surface area contributed by atoms with Gasteiger partial charge >= 0.3 is 6.18 Å². The standard InChI is InChI=1S/C20H24F3N5O4S/c1-12(2)32-27-33(29,30)15-7-8-17(25-11-15)28-19(31-14-6-4-5-13(3)9-14)16(10-24)18(26-28)20(21,22)23/h7-8,11-14,27H,4-6,9H2,1-3H3. The molecule has 1 aliphatic carbocycles. The van der Waals surface area contributed by atoms with E-state index < -0.39 is 33.6 Å². The molecule has 2 aromatic rings. The van der Waals surface area contributed by atoms with Crippen LogP contribution >= 0.6 is 0 Å². The molecule has 2 atom stereocenters. The SMILES string of the molecule is CC1CCCC(Oc2c(C#N)c(C(F)(F)F)nn2-c2ccc(S(=O)(=O)NOC(C)C)cn2)C1. The third-order valence-electron chi connectivity index (χ3n) is 5.03. The highest BCUT2D eigenvalue weighted by molar-refractivity contribution is 7.89. The van der Waals surface area contributed by atoms with Gasteiger partial charge in [-0.25, -0.2) is 13.4 Å². The molecular formula is C20H24F3N5O4S. The second kappa shape index (κ2) is 9.66. The Bertz CT molecular complexity index is 1120. The average Bonchev–Trinajstić information content (AvgIpc) is 3.11. The molecule has 0 radical (unpaired) electrons. The van der Waals surface area contributed by atoms with Gasteiger partial charge in [0.2, 0.25) is 5.88 Å². The van der Waals surface area contributed by atoms with Gasteiger partial charge in [-0.05, 0) is 51.2 Å². The summed E-state index contributed by atoms with van der Waals surface area (Å²) in [6, 6.07) is 3.86. The Morgan fingerprint density at radius 1 is 1.30 bits per heavy atom. The highest BCUT2D eigenvalue weighted by atomic mass is 32.2. The zero-order chi connectivity index (χ0) is 24.4. The maximum absolute atomic E-state index is 13.6. The number of nitrogens with one attached hydrogen (secondary N) is 1. The molecule has 3 rings (SSSR count). The second-order valence-corrected chi connectivity index (χ2v) is 9.81. The zero-order valence-corrected chi connectivity index (χ0v) is 19.1. The molecule has 180 valence electrons. The van der Waals surface area contributed by atoms with E-state index in [0.717, 1.165) is 29.8 Å². The van der Waals surface area contributed by atoms with Crippen LogP contribution in [0.25, 0.3) is 5.82 Å². The fourth-order valence-corrected chi connectivity index (χ4v) is 4.33. The summed E-state index contributed by atoms with van der Waals surface area (Å²) in [5, 5.41) is 13.0. The van der Waals surface area contributed by atoms with Crippen LogP contribution in [0.3, 0.4) is 0 Å². The normalized spacial score (nSPS) is 19.5. The molecule has 1 aliphatic rings. The van der Waals surface area contributed by atoms with Gasteiger partial charge in [-0.15, -0.1) is 0 Å². The predicted molar refractivity (Wildman–Crippen MR) is 110 cm³/mol. The number of alkyl halides is 3. The van der Waals surface area contributed by atoms with Crippen LogP contribution in [0.15, 0.2) is 23.2 Å². The van der Waals surface area contributed by atoms with E-state index in [0.29, 0.717) is 18.8 Å². The molecule has 1 fully saturated rings. The first-order valence-corrected chi connectivity index (χ1v) is 11.8. The summed E-state index contributed by atoms with van der Waals surface area (Å²) in [5.74, 6) is -0.172. The van der Waals surface area contributed by atoms with Crippen molar-refractivity contribution in [3.05, 3.63) is 29.6 Å². The Morgan fingerprint density at radius 2 is 2.03 bits per heavy atom. The van der Waals surface area contributed by atoms with Gasteiger partial charge in [0.15, 0.2) is 11.5 Å². The molecule has 0 bridgehead atoms. The number of halogens is 3. The van der Waals surface area contributed by atoms with Crippen molar-refractivity contribution in [1.82, 2.24) is 19.6 Å². The van der Waals surface area contributed by atoms with E-state index in [9.17, 15) is 26.9 Å². The predicted octanol–water partition coefficient (Wildman–Crippen LogP) is 3.73. The highest BCUT2D eigenvalue weighted by Gasteiger charge is 2.41. The van der Waals surface area contributed by atoms with E-state index in [-0.39, 0.29) is 22.7 Å². The number of hydrogen-bond acceptors (Lipinski definition) is 7. The van der Waals surface area contributed by atoms with Gasteiger partial charge in [-0.3, -0.25) is 4.84 Å². The van der Waals surface area contributed by atoms with E-state index in [4.69, 9.17) is 9.57 Å². The minimum absolute atomic E-state index is 0.135. The van der Waals surface area contributed by atoms with E-state index in [2.05, 4.69) is 10.1 Å². The zero-order valence-electron chi connectivity index (χ0n) is 18.3. The minimum atomic E-state index is -4.89. The van der Waals surface area contributed by atoms with Crippen molar-refractivity contribution in [3.8, 4) is 17.8 Å². The molecule has 0 spiro atoms. The molecular weight excluding hydrogens is 463 g/mol. The van der Waals surface area contributed by atoms with Crippen molar-refractivity contribution >= 4 is 10.0 Å². The Hall–Kier alpha value is -2.69. The number of rotatable bonds is 7. The molecule has 2 aromatic heterocycles. The van der Waals surface area contributed by atoms with Crippen molar-refractivity contribution in [3.63, 3.8) is 0 Å². The smallest absolute Gasteiger partial charge is 0.436 e. The maximum Gasteiger partial charge on any atom is 0.436 e. The second-order valence-electron chi connectivity index (χ2n) is 8.17. The lowest BCUT2D eigenvalue weighted by Crippen LogP contribution is -2.27. The van der Waals surface area contributed by atoms with Gasteiger partial charge in [0.05, 0.1) is 6.10 Å². The molecule has 2 heterocycles. The summed E-state index contributed by atoms with van der Waals surface area (Å²) < 4.78 is 71.8. The van der Waals surface area contributed by atoms with Gasteiger partial charge in [0.25, 0.3) is 10.0 Å². The van der Waals surface area contributed by atoms with Crippen molar-refractivity contribution in [1.29, 1.82) is 5.26 Å². The summed E-state index contributed by atoms with van der Waals surface area (Å²) >= 11 is 0. The Balaban J connectivity index is 2.01. The fourth-order valence-electron chi connectivity index (χ4n) is 3.47. The van der Waals surface area contributed by atoms with Gasteiger partial charge in [0.1, 0.15) is 22.6 Å². The first kappa shape index (κ1) is 24.9. The molecule has 0 aliphatic heterocycles. The van der Waals surface area contributed by atoms with Crippen LogP contribution < -0.4 is 9.62 Å². The van der Waals surface area contributed by atoms with Gasteiger partial charge < -0.3 is 4.74 Å². The lowest BCUT2D eigenvalue weighted by molar-refractivity contribution is -0.141. The molecule has 0 saturated heterocycles. The maximum atomic E-state index is 13.6. The highest BCUT2D eigenvalue weighted by Crippen LogP contribution is 2.38. The summed E-state index contributed by atoms with van der Waals surface area (Å²) in [5.41, 5.74) is -2.14. The van der Waals surface area contributed by atoms with E-state index in [1.165, 1.54) is 6.07 Å². The Morgan fingerprint density at radius 3 is 2.58 bits per heavy atom. The van der Waals surface area contributed by atoms with Crippen LogP contribution in [-0.4, -0.2) is 35.4 Å². The summed E-state index contributed by atoms with van der Waals surface area (Å²) in [6.07, 6.45) is -1.63. The largest absolute Gasteiger partial charge is 0.473 e. The number of nitrogens with zero attached hydrogens (tertiary/aromatic N) is 4. The van der Waals surface area contributed by atoms with Crippen molar-refractivity contribution in [2.75, 3.05) is 0 Å². The lowest BCUT2D eigenvalue weighted by Gasteiger charge is -2.27.